The van der Waals surface area contributed by atoms with Crippen LogP contribution in [0.5, 0.6) is 5.75 Å². The van der Waals surface area contributed by atoms with Crippen molar-refractivity contribution in [2.24, 2.45) is 0 Å². The molecule has 0 atom stereocenters. The van der Waals surface area contributed by atoms with Gasteiger partial charge in [-0.15, -0.1) is 11.3 Å². The summed E-state index contributed by atoms with van der Waals surface area (Å²) in [5.74, 6) is -0.953. The van der Waals surface area contributed by atoms with Crippen LogP contribution in [0.2, 0.25) is 0 Å². The third-order valence-corrected chi connectivity index (χ3v) is 2.72. The summed E-state index contributed by atoms with van der Waals surface area (Å²) in [5.41, 5.74) is -0.308. The second-order valence-electron chi connectivity index (χ2n) is 2.68. The van der Waals surface area contributed by atoms with Crippen LogP contribution in [0.15, 0.2) is 17.5 Å². The van der Waals surface area contributed by atoms with E-state index in [4.69, 9.17) is 0 Å². The van der Waals surface area contributed by atoms with Gasteiger partial charge in [0.25, 0.3) is 5.69 Å². The molecule has 0 radical (unpaired) electrons. The Morgan fingerprint density at radius 2 is 2.21 bits per heavy atom. The quantitative estimate of drug-likeness (QED) is 0.585. The van der Waals surface area contributed by atoms with Gasteiger partial charge in [0.05, 0.1) is 16.4 Å². The molecule has 1 heterocycles. The summed E-state index contributed by atoms with van der Waals surface area (Å²) in [5, 5.41) is 21.0. The lowest BCUT2D eigenvalue weighted by Crippen LogP contribution is -1.88. The maximum Gasteiger partial charge on any atom is 0.273 e. The average Bonchev–Trinajstić information content (AvgIpc) is 2.48. The molecule has 0 bridgehead atoms. The number of hydrogen-bond acceptors (Lipinski definition) is 4. The zero-order valence-corrected chi connectivity index (χ0v) is 7.55. The highest BCUT2D eigenvalue weighted by molar-refractivity contribution is 7.17. The van der Waals surface area contributed by atoms with Crippen LogP contribution in [-0.4, -0.2) is 10.0 Å². The largest absolute Gasteiger partial charge is 0.506 e. The lowest BCUT2D eigenvalue weighted by Gasteiger charge is -1.94. The van der Waals surface area contributed by atoms with E-state index < -0.39 is 10.7 Å². The molecule has 72 valence electrons. The zero-order chi connectivity index (χ0) is 10.3. The van der Waals surface area contributed by atoms with E-state index in [0.29, 0.717) is 4.70 Å². The normalized spacial score (nSPS) is 10.6. The molecule has 4 nitrogen and oxygen atoms in total. The van der Waals surface area contributed by atoms with E-state index in [0.717, 1.165) is 17.4 Å². The molecule has 0 aliphatic carbocycles. The summed E-state index contributed by atoms with van der Waals surface area (Å²) in [7, 11) is 0. The van der Waals surface area contributed by atoms with Gasteiger partial charge in [0.15, 0.2) is 0 Å². The van der Waals surface area contributed by atoms with E-state index in [1.807, 2.05) is 0 Å². The first-order chi connectivity index (χ1) is 6.59. The van der Waals surface area contributed by atoms with Crippen LogP contribution >= 0.6 is 11.3 Å². The Labute approximate surface area is 81.4 Å². The van der Waals surface area contributed by atoms with Crippen LogP contribution in [-0.2, 0) is 0 Å². The Kier molecular flexibility index (Phi) is 1.85. The van der Waals surface area contributed by atoms with E-state index in [2.05, 4.69) is 0 Å². The van der Waals surface area contributed by atoms with Crippen molar-refractivity contribution in [3.63, 3.8) is 0 Å². The molecule has 0 aliphatic rings. The summed E-state index contributed by atoms with van der Waals surface area (Å²) in [4.78, 5) is 9.72. The topological polar surface area (TPSA) is 63.4 Å². The van der Waals surface area contributed by atoms with Gasteiger partial charge in [0, 0.05) is 16.1 Å². The Morgan fingerprint density at radius 3 is 2.86 bits per heavy atom. The van der Waals surface area contributed by atoms with Crippen molar-refractivity contribution in [3.05, 3.63) is 33.4 Å². The highest BCUT2D eigenvalue weighted by Crippen LogP contribution is 2.35. The van der Waals surface area contributed by atoms with Gasteiger partial charge in [-0.25, -0.2) is 4.39 Å². The molecule has 2 aromatic rings. The van der Waals surface area contributed by atoms with Gasteiger partial charge in [0.2, 0.25) is 0 Å². The van der Waals surface area contributed by atoms with E-state index in [9.17, 15) is 19.6 Å². The van der Waals surface area contributed by atoms with Crippen LogP contribution in [0.4, 0.5) is 10.1 Å². The predicted octanol–water partition coefficient (Wildman–Crippen LogP) is 2.65. The van der Waals surface area contributed by atoms with Crippen molar-refractivity contribution >= 4 is 27.1 Å². The minimum absolute atomic E-state index is 0.0422. The third-order valence-electron chi connectivity index (χ3n) is 1.80. The number of hydrogen-bond donors (Lipinski definition) is 1. The number of nitro groups is 1. The smallest absolute Gasteiger partial charge is 0.273 e. The standard InChI is InChI=1S/C8H4FNO3S/c9-5-1-4(10(12)13)2-7-8(5)6(11)3-14-7/h1-3,11H. The van der Waals surface area contributed by atoms with E-state index in [1.165, 1.54) is 11.4 Å². The Bertz CT molecular complexity index is 523. The molecule has 0 fully saturated rings. The Morgan fingerprint density at radius 1 is 1.50 bits per heavy atom. The number of nitro benzene ring substituents is 1. The summed E-state index contributed by atoms with van der Waals surface area (Å²) in [6, 6.07) is 2.04. The lowest BCUT2D eigenvalue weighted by molar-refractivity contribution is -0.384. The summed E-state index contributed by atoms with van der Waals surface area (Å²) in [6.07, 6.45) is 0. The lowest BCUT2D eigenvalue weighted by atomic mass is 10.2. The molecule has 0 saturated heterocycles. The van der Waals surface area contributed by atoms with Crippen LogP contribution in [0.3, 0.4) is 0 Å². The molecule has 2 rings (SSSR count). The molecule has 0 saturated carbocycles. The first kappa shape index (κ1) is 8.89. The van der Waals surface area contributed by atoms with Crippen molar-refractivity contribution in [1.29, 1.82) is 0 Å². The number of halogens is 1. The number of aromatic hydroxyl groups is 1. The number of thiophene rings is 1. The molecular weight excluding hydrogens is 209 g/mol. The fraction of sp³-hybridized carbons (Fsp3) is 0. The van der Waals surface area contributed by atoms with Gasteiger partial charge >= 0.3 is 0 Å². The third kappa shape index (κ3) is 1.20. The minimum Gasteiger partial charge on any atom is -0.506 e. The zero-order valence-electron chi connectivity index (χ0n) is 6.73. The van der Waals surface area contributed by atoms with Crippen LogP contribution in [0.25, 0.3) is 10.1 Å². The van der Waals surface area contributed by atoms with Gasteiger partial charge in [-0.2, -0.15) is 0 Å². The fourth-order valence-corrected chi connectivity index (χ4v) is 2.06. The molecule has 1 aromatic carbocycles. The Balaban J connectivity index is 2.80. The van der Waals surface area contributed by atoms with Crippen LogP contribution < -0.4 is 0 Å². The molecule has 0 aliphatic heterocycles. The summed E-state index contributed by atoms with van der Waals surface area (Å²) >= 11 is 1.07. The minimum atomic E-state index is -0.770. The van der Waals surface area contributed by atoms with Gasteiger partial charge in [-0.3, -0.25) is 10.1 Å². The first-order valence-electron chi connectivity index (χ1n) is 3.63. The number of non-ortho nitro benzene ring substituents is 1. The van der Waals surface area contributed by atoms with Crippen LogP contribution in [0.1, 0.15) is 0 Å². The molecule has 0 spiro atoms. The highest BCUT2D eigenvalue weighted by atomic mass is 32.1. The number of benzene rings is 1. The SMILES string of the molecule is O=[N+]([O-])c1cc(F)c2c(O)csc2c1. The van der Waals surface area contributed by atoms with Crippen molar-refractivity contribution in [3.8, 4) is 5.75 Å². The van der Waals surface area contributed by atoms with Gasteiger partial charge in [-0.1, -0.05) is 0 Å². The first-order valence-corrected chi connectivity index (χ1v) is 4.51. The number of nitrogens with zero attached hydrogens (tertiary/aromatic N) is 1. The van der Waals surface area contributed by atoms with Crippen LogP contribution in [0, 0.1) is 15.9 Å². The van der Waals surface area contributed by atoms with Crippen molar-refractivity contribution in [1.82, 2.24) is 0 Å². The second kappa shape index (κ2) is 2.91. The van der Waals surface area contributed by atoms with E-state index >= 15 is 0 Å². The molecule has 1 aromatic heterocycles. The van der Waals surface area contributed by atoms with Crippen molar-refractivity contribution in [2.75, 3.05) is 0 Å². The number of rotatable bonds is 1. The number of fused-ring (bicyclic) bond motifs is 1. The maximum absolute atomic E-state index is 13.2. The monoisotopic (exact) mass is 213 g/mol. The average molecular weight is 213 g/mol. The maximum atomic E-state index is 13.2. The molecule has 6 heteroatoms. The molecular formula is C8H4FNO3S. The molecule has 0 unspecified atom stereocenters. The van der Waals surface area contributed by atoms with Gasteiger partial charge < -0.3 is 5.11 Å². The van der Waals surface area contributed by atoms with Crippen molar-refractivity contribution < 1.29 is 14.4 Å². The second-order valence-corrected chi connectivity index (χ2v) is 3.59. The Hall–Kier alpha value is -1.69. The summed E-state index contributed by atoms with van der Waals surface area (Å²) in [6.45, 7) is 0. The van der Waals surface area contributed by atoms with Gasteiger partial charge in [0.1, 0.15) is 11.6 Å². The predicted molar refractivity (Wildman–Crippen MR) is 50.1 cm³/mol. The molecule has 0 amide bonds. The van der Waals surface area contributed by atoms with Crippen molar-refractivity contribution in [2.45, 2.75) is 0 Å². The molecule has 14 heavy (non-hydrogen) atoms. The highest BCUT2D eigenvalue weighted by Gasteiger charge is 2.15. The summed E-state index contributed by atoms with van der Waals surface area (Å²) < 4.78 is 13.6. The van der Waals surface area contributed by atoms with E-state index in [-0.39, 0.29) is 16.8 Å². The fourth-order valence-electron chi connectivity index (χ4n) is 1.19. The molecule has 1 N–H and O–H groups in total. The van der Waals surface area contributed by atoms with Gasteiger partial charge in [-0.05, 0) is 0 Å². The van der Waals surface area contributed by atoms with E-state index in [1.54, 1.807) is 0 Å².